The average Bonchev–Trinajstić information content (AvgIpc) is 2.83. The minimum atomic E-state index is 0.393. The van der Waals surface area contributed by atoms with E-state index in [-0.39, 0.29) is 0 Å². The van der Waals surface area contributed by atoms with Gasteiger partial charge in [-0.25, -0.2) is 4.98 Å². The number of nitrogen functional groups attached to an aromatic ring is 1. The van der Waals surface area contributed by atoms with Crippen LogP contribution in [0.5, 0.6) is 0 Å². The van der Waals surface area contributed by atoms with Gasteiger partial charge in [-0.1, -0.05) is 19.3 Å². The maximum atomic E-state index is 9.01. The van der Waals surface area contributed by atoms with E-state index in [0.717, 1.165) is 11.0 Å². The van der Waals surface area contributed by atoms with Gasteiger partial charge in [-0.15, -0.1) is 0 Å². The Balaban J connectivity index is 1.70. The number of imidazole rings is 1. The Bertz CT molecular complexity index is 665. The monoisotopic (exact) mass is 284 g/mol. The van der Waals surface area contributed by atoms with Crippen molar-refractivity contribution in [3.8, 4) is 6.07 Å². The summed E-state index contributed by atoms with van der Waals surface area (Å²) in [4.78, 5) is 4.33. The lowest BCUT2D eigenvalue weighted by Gasteiger charge is -2.22. The molecule has 2 N–H and O–H groups in total. The highest BCUT2D eigenvalue weighted by atomic mass is 16.5. The molecule has 1 heterocycles. The summed E-state index contributed by atoms with van der Waals surface area (Å²) < 4.78 is 7.88. The van der Waals surface area contributed by atoms with Gasteiger partial charge in [-0.3, -0.25) is 0 Å². The molecule has 5 heteroatoms. The van der Waals surface area contributed by atoms with Crippen LogP contribution in [-0.4, -0.2) is 22.3 Å². The fourth-order valence-corrected chi connectivity index (χ4v) is 2.99. The number of nitrogens with zero attached hydrogens (tertiary/aromatic N) is 3. The molecule has 2 aromatic rings. The van der Waals surface area contributed by atoms with E-state index in [2.05, 4.69) is 11.1 Å². The summed E-state index contributed by atoms with van der Waals surface area (Å²) in [5.74, 6) is 0.479. The highest BCUT2D eigenvalue weighted by molar-refractivity contribution is 5.79. The van der Waals surface area contributed by atoms with Gasteiger partial charge in [0.05, 0.1) is 35.4 Å². The molecule has 0 atom stereocenters. The molecule has 1 aromatic heterocycles. The minimum absolute atomic E-state index is 0.393. The summed E-state index contributed by atoms with van der Waals surface area (Å²) in [5, 5.41) is 9.01. The largest absolute Gasteiger partial charge is 0.376 e. The summed E-state index contributed by atoms with van der Waals surface area (Å²) in [6, 6.07) is 7.58. The lowest BCUT2D eigenvalue weighted by Crippen LogP contribution is -2.19. The van der Waals surface area contributed by atoms with Crippen molar-refractivity contribution in [2.24, 2.45) is 0 Å². The van der Waals surface area contributed by atoms with Gasteiger partial charge in [0.2, 0.25) is 5.95 Å². The van der Waals surface area contributed by atoms with Crippen molar-refractivity contribution < 1.29 is 4.74 Å². The number of benzene rings is 1. The highest BCUT2D eigenvalue weighted by Gasteiger charge is 2.14. The predicted octanol–water partition coefficient (Wildman–Crippen LogP) is 2.84. The topological polar surface area (TPSA) is 76.9 Å². The smallest absolute Gasteiger partial charge is 0.201 e. The molecule has 0 bridgehead atoms. The molecule has 0 unspecified atom stereocenters. The molecule has 3 rings (SSSR count). The average molecular weight is 284 g/mol. The van der Waals surface area contributed by atoms with Crippen molar-refractivity contribution in [1.82, 2.24) is 9.55 Å². The molecule has 21 heavy (non-hydrogen) atoms. The van der Waals surface area contributed by atoms with Crippen molar-refractivity contribution in [3.05, 3.63) is 23.8 Å². The second kappa shape index (κ2) is 6.15. The van der Waals surface area contributed by atoms with Crippen LogP contribution >= 0.6 is 0 Å². The van der Waals surface area contributed by atoms with Gasteiger partial charge in [0.1, 0.15) is 0 Å². The third-order valence-corrected chi connectivity index (χ3v) is 4.13. The molecule has 0 amide bonds. The van der Waals surface area contributed by atoms with E-state index in [1.165, 1.54) is 32.1 Å². The van der Waals surface area contributed by atoms with Crippen molar-refractivity contribution in [2.45, 2.75) is 44.8 Å². The van der Waals surface area contributed by atoms with E-state index in [1.54, 1.807) is 6.07 Å². The second-order valence-electron chi connectivity index (χ2n) is 5.57. The van der Waals surface area contributed by atoms with Crippen molar-refractivity contribution in [1.29, 1.82) is 5.26 Å². The lowest BCUT2D eigenvalue weighted by molar-refractivity contribution is 0.0246. The van der Waals surface area contributed by atoms with Crippen LogP contribution in [0.4, 0.5) is 5.95 Å². The minimum Gasteiger partial charge on any atom is -0.376 e. The number of hydrogen-bond acceptors (Lipinski definition) is 4. The molecular formula is C16H20N4O. The van der Waals surface area contributed by atoms with Gasteiger partial charge in [0.15, 0.2) is 0 Å². The summed E-state index contributed by atoms with van der Waals surface area (Å²) in [5.41, 5.74) is 8.32. The van der Waals surface area contributed by atoms with Crippen molar-refractivity contribution in [2.75, 3.05) is 12.3 Å². The number of anilines is 1. The van der Waals surface area contributed by atoms with Gasteiger partial charge < -0.3 is 15.0 Å². The highest BCUT2D eigenvalue weighted by Crippen LogP contribution is 2.22. The van der Waals surface area contributed by atoms with E-state index >= 15 is 0 Å². The summed E-state index contributed by atoms with van der Waals surface area (Å²) >= 11 is 0. The van der Waals surface area contributed by atoms with Gasteiger partial charge in [0.25, 0.3) is 0 Å². The Morgan fingerprint density at radius 2 is 2.14 bits per heavy atom. The third-order valence-electron chi connectivity index (χ3n) is 4.13. The number of fused-ring (bicyclic) bond motifs is 1. The van der Waals surface area contributed by atoms with E-state index in [0.29, 0.717) is 30.8 Å². The number of ether oxygens (including phenoxy) is 1. The summed E-state index contributed by atoms with van der Waals surface area (Å²) in [7, 11) is 0. The zero-order chi connectivity index (χ0) is 14.7. The predicted molar refractivity (Wildman–Crippen MR) is 81.7 cm³/mol. The molecule has 0 saturated heterocycles. The first kappa shape index (κ1) is 13.9. The maximum Gasteiger partial charge on any atom is 0.201 e. The van der Waals surface area contributed by atoms with Crippen LogP contribution in [0.3, 0.4) is 0 Å². The molecule has 5 nitrogen and oxygen atoms in total. The van der Waals surface area contributed by atoms with Crippen molar-refractivity contribution in [3.63, 3.8) is 0 Å². The molecule has 1 aliphatic carbocycles. The Hall–Kier alpha value is -2.06. The van der Waals surface area contributed by atoms with Crippen LogP contribution in [0, 0.1) is 11.3 Å². The molecule has 1 aliphatic rings. The molecule has 0 aliphatic heterocycles. The Morgan fingerprint density at radius 3 is 2.90 bits per heavy atom. The van der Waals surface area contributed by atoms with Gasteiger partial charge in [-0.2, -0.15) is 5.26 Å². The molecule has 1 aromatic carbocycles. The summed E-state index contributed by atoms with van der Waals surface area (Å²) in [6.45, 7) is 1.31. The van der Waals surface area contributed by atoms with Gasteiger partial charge >= 0.3 is 0 Å². The number of rotatable bonds is 4. The molecular weight excluding hydrogens is 264 g/mol. The van der Waals surface area contributed by atoms with Crippen LogP contribution < -0.4 is 5.73 Å². The molecule has 0 spiro atoms. The number of nitriles is 1. The third kappa shape index (κ3) is 3.01. The fourth-order valence-electron chi connectivity index (χ4n) is 2.99. The first-order valence-electron chi connectivity index (χ1n) is 7.55. The van der Waals surface area contributed by atoms with Gasteiger partial charge in [-0.05, 0) is 31.0 Å². The Kier molecular flexibility index (Phi) is 4.07. The van der Waals surface area contributed by atoms with E-state index in [9.17, 15) is 0 Å². The lowest BCUT2D eigenvalue weighted by atomic mass is 9.98. The molecule has 0 radical (unpaired) electrons. The van der Waals surface area contributed by atoms with Gasteiger partial charge in [0, 0.05) is 6.54 Å². The fraction of sp³-hybridized carbons (Fsp3) is 0.500. The molecule has 110 valence electrons. The van der Waals surface area contributed by atoms with Crippen LogP contribution in [-0.2, 0) is 11.3 Å². The number of aromatic nitrogens is 2. The normalized spacial score (nSPS) is 16.1. The van der Waals surface area contributed by atoms with E-state index in [4.69, 9.17) is 15.7 Å². The Morgan fingerprint density at radius 1 is 1.33 bits per heavy atom. The van der Waals surface area contributed by atoms with E-state index in [1.807, 2.05) is 16.7 Å². The molecule has 1 saturated carbocycles. The molecule has 1 fully saturated rings. The SMILES string of the molecule is N#Cc1ccc2nc(N)n(CCOC3CCCCC3)c2c1. The number of hydrogen-bond donors (Lipinski definition) is 1. The van der Waals surface area contributed by atoms with Crippen LogP contribution in [0.1, 0.15) is 37.7 Å². The zero-order valence-electron chi connectivity index (χ0n) is 12.1. The zero-order valence-corrected chi connectivity index (χ0v) is 12.1. The first-order chi connectivity index (χ1) is 10.3. The van der Waals surface area contributed by atoms with Crippen LogP contribution in [0.15, 0.2) is 18.2 Å². The maximum absolute atomic E-state index is 9.01. The van der Waals surface area contributed by atoms with E-state index < -0.39 is 0 Å². The number of nitrogens with two attached hydrogens (primary N) is 1. The second-order valence-corrected chi connectivity index (χ2v) is 5.57. The first-order valence-corrected chi connectivity index (χ1v) is 7.55. The Labute approximate surface area is 124 Å². The van der Waals surface area contributed by atoms with Crippen LogP contribution in [0.25, 0.3) is 11.0 Å². The van der Waals surface area contributed by atoms with Crippen LogP contribution in [0.2, 0.25) is 0 Å². The van der Waals surface area contributed by atoms with Crippen molar-refractivity contribution >= 4 is 17.0 Å². The quantitative estimate of drug-likeness (QED) is 0.936. The summed E-state index contributed by atoms with van der Waals surface area (Å²) in [6.07, 6.45) is 6.59. The standard InChI is InChI=1S/C16H20N4O/c17-11-12-6-7-14-15(10-12)20(16(18)19-14)8-9-21-13-4-2-1-3-5-13/h6-7,10,13H,1-5,8-9H2,(H2,18,19).